The van der Waals surface area contributed by atoms with E-state index in [9.17, 15) is 0 Å². The van der Waals surface area contributed by atoms with Crippen molar-refractivity contribution in [3.05, 3.63) is 23.8 Å². The molecule has 3 rings (SSSR count). The Bertz CT molecular complexity index is 438. The molecule has 0 amide bonds. The number of likely N-dealkylation sites (tertiary alicyclic amines) is 1. The summed E-state index contributed by atoms with van der Waals surface area (Å²) in [6, 6.07) is 6.50. The van der Waals surface area contributed by atoms with E-state index in [-0.39, 0.29) is 0 Å². The van der Waals surface area contributed by atoms with Gasteiger partial charge in [-0.25, -0.2) is 0 Å². The van der Waals surface area contributed by atoms with E-state index in [1.807, 2.05) is 6.92 Å². The number of benzene rings is 1. The topological polar surface area (TPSA) is 24.5 Å². The Hall–Kier alpha value is -1.22. The summed E-state index contributed by atoms with van der Waals surface area (Å²) in [4.78, 5) is 2.44. The van der Waals surface area contributed by atoms with Crippen molar-refractivity contribution in [1.82, 2.24) is 4.90 Å². The highest BCUT2D eigenvalue weighted by molar-refractivity contribution is 5.60. The largest absolute Gasteiger partial charge is 0.494 e. The van der Waals surface area contributed by atoms with Crippen LogP contribution in [0, 0.1) is 5.92 Å². The number of ether oxygens (including phenoxy) is 1. The van der Waals surface area contributed by atoms with Crippen LogP contribution in [-0.4, -0.2) is 38.2 Å². The summed E-state index contributed by atoms with van der Waals surface area (Å²) in [5, 5.41) is 3.56. The first kappa shape index (κ1) is 12.8. The van der Waals surface area contributed by atoms with Gasteiger partial charge in [-0.1, -0.05) is 0 Å². The number of hydrogen-bond acceptors (Lipinski definition) is 3. The number of fused-ring (bicyclic) bond motifs is 1. The molecule has 2 aliphatic rings. The van der Waals surface area contributed by atoms with Crippen LogP contribution >= 0.6 is 0 Å². The van der Waals surface area contributed by atoms with Crippen molar-refractivity contribution in [3.63, 3.8) is 0 Å². The number of nitrogens with one attached hydrogen (secondary N) is 1. The highest BCUT2D eigenvalue weighted by Gasteiger charge is 2.31. The minimum absolute atomic E-state index is 0.670. The van der Waals surface area contributed by atoms with E-state index < -0.39 is 0 Å². The van der Waals surface area contributed by atoms with Gasteiger partial charge in [-0.2, -0.15) is 0 Å². The van der Waals surface area contributed by atoms with E-state index >= 15 is 0 Å². The molecule has 2 aliphatic heterocycles. The Labute approximate surface area is 115 Å². The second kappa shape index (κ2) is 5.41. The third kappa shape index (κ3) is 2.57. The van der Waals surface area contributed by atoms with Gasteiger partial charge >= 0.3 is 0 Å². The van der Waals surface area contributed by atoms with Gasteiger partial charge in [0.15, 0.2) is 0 Å². The predicted octanol–water partition coefficient (Wildman–Crippen LogP) is 2.94. The summed E-state index contributed by atoms with van der Waals surface area (Å²) in [5.41, 5.74) is 2.79. The quantitative estimate of drug-likeness (QED) is 0.904. The fraction of sp³-hybridized carbons (Fsp3) is 0.625. The standard InChI is InChI=1S/C16H24N2O/c1-3-19-13-4-5-16-14(10-13)15(11-17-16)12-6-8-18(2)9-7-12/h4-5,10,12,15,17H,3,6-9,11H2,1-2H3. The Morgan fingerprint density at radius 2 is 2.11 bits per heavy atom. The number of rotatable bonds is 3. The van der Waals surface area contributed by atoms with Crippen LogP contribution in [0.2, 0.25) is 0 Å². The number of anilines is 1. The molecule has 2 heterocycles. The third-order valence-corrected chi connectivity index (χ3v) is 4.58. The maximum Gasteiger partial charge on any atom is 0.119 e. The van der Waals surface area contributed by atoms with E-state index in [1.54, 1.807) is 0 Å². The van der Waals surface area contributed by atoms with Crippen LogP contribution in [0.3, 0.4) is 0 Å². The van der Waals surface area contributed by atoms with Crippen molar-refractivity contribution in [1.29, 1.82) is 0 Å². The molecule has 0 spiro atoms. The summed E-state index contributed by atoms with van der Waals surface area (Å²) < 4.78 is 5.65. The van der Waals surface area contributed by atoms with Crippen LogP contribution in [0.4, 0.5) is 5.69 Å². The fourth-order valence-electron chi connectivity index (χ4n) is 3.45. The zero-order valence-corrected chi connectivity index (χ0v) is 12.0. The van der Waals surface area contributed by atoms with Gasteiger partial charge in [0.2, 0.25) is 0 Å². The SMILES string of the molecule is CCOc1ccc2c(c1)C(C1CCN(C)CC1)CN2. The van der Waals surface area contributed by atoms with Gasteiger partial charge < -0.3 is 15.0 Å². The van der Waals surface area contributed by atoms with Gasteiger partial charge in [0.25, 0.3) is 0 Å². The molecule has 3 nitrogen and oxygen atoms in total. The molecule has 19 heavy (non-hydrogen) atoms. The summed E-state index contributed by atoms with van der Waals surface area (Å²) in [5.74, 6) is 2.51. The summed E-state index contributed by atoms with van der Waals surface area (Å²) in [6.45, 7) is 6.35. The predicted molar refractivity (Wildman–Crippen MR) is 79.1 cm³/mol. The molecule has 104 valence electrons. The first-order chi connectivity index (χ1) is 9.28. The maximum atomic E-state index is 5.65. The Morgan fingerprint density at radius 3 is 2.84 bits per heavy atom. The van der Waals surface area contributed by atoms with Gasteiger partial charge in [0.05, 0.1) is 6.61 Å². The van der Waals surface area contributed by atoms with Crippen molar-refractivity contribution in [2.45, 2.75) is 25.7 Å². The highest BCUT2D eigenvalue weighted by atomic mass is 16.5. The van der Waals surface area contributed by atoms with Crippen molar-refractivity contribution in [2.24, 2.45) is 5.92 Å². The monoisotopic (exact) mass is 260 g/mol. The van der Waals surface area contributed by atoms with Crippen molar-refractivity contribution < 1.29 is 4.74 Å². The van der Waals surface area contributed by atoms with Crippen LogP contribution in [0.5, 0.6) is 5.75 Å². The molecular weight excluding hydrogens is 236 g/mol. The molecular formula is C16H24N2O. The molecule has 0 aliphatic carbocycles. The molecule has 0 radical (unpaired) electrons. The second-order valence-corrected chi connectivity index (χ2v) is 5.81. The Balaban J connectivity index is 1.78. The van der Waals surface area contributed by atoms with E-state index in [0.717, 1.165) is 24.8 Å². The normalized spacial score (nSPS) is 24.0. The number of hydrogen-bond donors (Lipinski definition) is 1. The van der Waals surface area contributed by atoms with Crippen molar-refractivity contribution in [3.8, 4) is 5.75 Å². The van der Waals surface area contributed by atoms with Gasteiger partial charge in [0, 0.05) is 18.2 Å². The molecule has 3 heteroatoms. The molecule has 0 bridgehead atoms. The van der Waals surface area contributed by atoms with Gasteiger partial charge in [0.1, 0.15) is 5.75 Å². The maximum absolute atomic E-state index is 5.65. The van der Waals surface area contributed by atoms with Crippen LogP contribution in [0.25, 0.3) is 0 Å². The lowest BCUT2D eigenvalue weighted by atomic mass is 9.81. The van der Waals surface area contributed by atoms with Gasteiger partial charge in [-0.3, -0.25) is 0 Å². The number of piperidine rings is 1. The highest BCUT2D eigenvalue weighted by Crippen LogP contribution is 2.41. The summed E-state index contributed by atoms with van der Waals surface area (Å²) in [7, 11) is 2.23. The van der Waals surface area contributed by atoms with Crippen molar-refractivity contribution in [2.75, 3.05) is 38.6 Å². The molecule has 1 N–H and O–H groups in total. The number of nitrogens with zero attached hydrogens (tertiary/aromatic N) is 1. The lowest BCUT2D eigenvalue weighted by Crippen LogP contribution is -2.33. The summed E-state index contributed by atoms with van der Waals surface area (Å²) >= 11 is 0. The van der Waals surface area contributed by atoms with Crippen molar-refractivity contribution >= 4 is 5.69 Å². The minimum Gasteiger partial charge on any atom is -0.494 e. The van der Waals surface area contributed by atoms with Crippen LogP contribution < -0.4 is 10.1 Å². The average molecular weight is 260 g/mol. The molecule has 1 aromatic rings. The third-order valence-electron chi connectivity index (χ3n) is 4.58. The zero-order valence-electron chi connectivity index (χ0n) is 12.0. The van der Waals surface area contributed by atoms with E-state index in [2.05, 4.69) is 35.5 Å². The lowest BCUT2D eigenvalue weighted by molar-refractivity contribution is 0.202. The molecule has 1 atom stereocenters. The molecule has 1 unspecified atom stereocenters. The second-order valence-electron chi connectivity index (χ2n) is 5.81. The van der Waals surface area contributed by atoms with Gasteiger partial charge in [-0.05, 0) is 69.6 Å². The zero-order chi connectivity index (χ0) is 13.2. The van der Waals surface area contributed by atoms with E-state index in [1.165, 1.54) is 37.2 Å². The van der Waals surface area contributed by atoms with Gasteiger partial charge in [-0.15, -0.1) is 0 Å². The van der Waals surface area contributed by atoms with Crippen LogP contribution in [0.1, 0.15) is 31.2 Å². The summed E-state index contributed by atoms with van der Waals surface area (Å²) in [6.07, 6.45) is 2.64. The Morgan fingerprint density at radius 1 is 1.32 bits per heavy atom. The average Bonchev–Trinajstić information content (AvgIpc) is 2.83. The smallest absolute Gasteiger partial charge is 0.119 e. The van der Waals surface area contributed by atoms with E-state index in [0.29, 0.717) is 5.92 Å². The van der Waals surface area contributed by atoms with Crippen LogP contribution in [0.15, 0.2) is 18.2 Å². The minimum atomic E-state index is 0.670. The fourth-order valence-corrected chi connectivity index (χ4v) is 3.45. The molecule has 0 aromatic heterocycles. The lowest BCUT2D eigenvalue weighted by Gasteiger charge is -2.32. The molecule has 1 fully saturated rings. The molecule has 1 saturated heterocycles. The first-order valence-corrected chi connectivity index (χ1v) is 7.47. The molecule has 1 aromatic carbocycles. The van der Waals surface area contributed by atoms with E-state index in [4.69, 9.17) is 4.74 Å². The Kier molecular flexibility index (Phi) is 3.65. The molecule has 0 saturated carbocycles. The van der Waals surface area contributed by atoms with Crippen LogP contribution in [-0.2, 0) is 0 Å². The first-order valence-electron chi connectivity index (χ1n) is 7.47.